The van der Waals surface area contributed by atoms with Gasteiger partial charge >= 0.3 is 0 Å². The number of hydrogen-bond donors (Lipinski definition) is 0. The van der Waals surface area contributed by atoms with Crippen molar-refractivity contribution in [1.82, 2.24) is 9.38 Å². The molecule has 0 radical (unpaired) electrons. The van der Waals surface area contributed by atoms with Gasteiger partial charge in [0.25, 0.3) is 5.56 Å². The number of halogens is 1. The SMILES string of the molecule is CCCCc1nc2ccccn2c(=O)c1-c1ccc(OC)c(Cl)c1. The van der Waals surface area contributed by atoms with Crippen molar-refractivity contribution in [3.8, 4) is 16.9 Å². The predicted octanol–water partition coefficient (Wildman–Crippen LogP) is 4.37. The highest BCUT2D eigenvalue weighted by atomic mass is 35.5. The summed E-state index contributed by atoms with van der Waals surface area (Å²) in [6.07, 6.45) is 4.52. The van der Waals surface area contributed by atoms with Gasteiger partial charge in [0.1, 0.15) is 11.4 Å². The van der Waals surface area contributed by atoms with E-state index in [-0.39, 0.29) is 5.56 Å². The van der Waals surface area contributed by atoms with Crippen LogP contribution in [0, 0.1) is 0 Å². The summed E-state index contributed by atoms with van der Waals surface area (Å²) in [5.74, 6) is 0.587. The number of ether oxygens (including phenoxy) is 1. The summed E-state index contributed by atoms with van der Waals surface area (Å²) in [6.45, 7) is 2.12. The van der Waals surface area contributed by atoms with Crippen LogP contribution in [0.4, 0.5) is 0 Å². The predicted molar refractivity (Wildman–Crippen MR) is 97.1 cm³/mol. The second-order valence-electron chi connectivity index (χ2n) is 5.62. The van der Waals surface area contributed by atoms with Crippen molar-refractivity contribution in [1.29, 1.82) is 0 Å². The molecule has 3 rings (SSSR count). The minimum atomic E-state index is -0.0760. The van der Waals surface area contributed by atoms with Crippen LogP contribution in [0.2, 0.25) is 5.02 Å². The van der Waals surface area contributed by atoms with E-state index in [2.05, 4.69) is 6.92 Å². The van der Waals surface area contributed by atoms with Crippen LogP contribution in [0.3, 0.4) is 0 Å². The second kappa shape index (κ2) is 7.05. The summed E-state index contributed by atoms with van der Waals surface area (Å²) in [7, 11) is 1.57. The molecule has 0 bridgehead atoms. The van der Waals surface area contributed by atoms with E-state index in [0.29, 0.717) is 22.0 Å². The van der Waals surface area contributed by atoms with Gasteiger partial charge in [0.2, 0.25) is 0 Å². The monoisotopic (exact) mass is 342 g/mol. The molecule has 0 amide bonds. The van der Waals surface area contributed by atoms with Crippen LogP contribution in [0.15, 0.2) is 47.4 Å². The molecular formula is C19H19ClN2O2. The summed E-state index contributed by atoms with van der Waals surface area (Å²) in [5.41, 5.74) is 2.78. The molecule has 0 N–H and O–H groups in total. The van der Waals surface area contributed by atoms with E-state index in [9.17, 15) is 4.79 Å². The fourth-order valence-corrected chi connectivity index (χ4v) is 3.03. The minimum Gasteiger partial charge on any atom is -0.495 e. The third kappa shape index (κ3) is 3.02. The number of benzene rings is 1. The average molecular weight is 343 g/mol. The van der Waals surface area contributed by atoms with Gasteiger partial charge in [-0.3, -0.25) is 9.20 Å². The summed E-state index contributed by atoms with van der Waals surface area (Å²) in [4.78, 5) is 17.7. The van der Waals surface area contributed by atoms with Crippen molar-refractivity contribution in [2.24, 2.45) is 0 Å². The number of pyridine rings is 1. The van der Waals surface area contributed by atoms with Gasteiger partial charge < -0.3 is 4.74 Å². The molecule has 124 valence electrons. The maximum absolute atomic E-state index is 13.0. The van der Waals surface area contributed by atoms with Gasteiger partial charge in [0.15, 0.2) is 0 Å². The molecular weight excluding hydrogens is 324 g/mol. The summed E-state index contributed by atoms with van der Waals surface area (Å²) in [5, 5.41) is 0.481. The molecule has 0 aliphatic carbocycles. The van der Waals surface area contributed by atoms with Crippen molar-refractivity contribution >= 4 is 17.2 Å². The zero-order valence-electron chi connectivity index (χ0n) is 13.8. The Kier molecular flexibility index (Phi) is 4.86. The van der Waals surface area contributed by atoms with Gasteiger partial charge in [-0.15, -0.1) is 0 Å². The molecule has 4 nitrogen and oxygen atoms in total. The number of rotatable bonds is 5. The Hall–Kier alpha value is -2.33. The summed E-state index contributed by atoms with van der Waals surface area (Å²) in [6, 6.07) is 11.0. The highest BCUT2D eigenvalue weighted by Crippen LogP contribution is 2.30. The standard InChI is InChI=1S/C19H19ClN2O2/c1-3-4-7-15-18(13-9-10-16(24-2)14(20)12-13)19(23)22-11-6-5-8-17(22)21-15/h5-6,8-12H,3-4,7H2,1-2H3. The molecule has 0 aliphatic heterocycles. The third-order valence-electron chi connectivity index (χ3n) is 4.02. The Labute approximate surface area is 145 Å². The first-order valence-electron chi connectivity index (χ1n) is 8.00. The first-order valence-corrected chi connectivity index (χ1v) is 8.37. The molecule has 2 heterocycles. The Bertz CT molecular complexity index is 934. The molecule has 0 saturated heterocycles. The van der Waals surface area contributed by atoms with E-state index < -0.39 is 0 Å². The van der Waals surface area contributed by atoms with Gasteiger partial charge in [0, 0.05) is 6.20 Å². The number of aryl methyl sites for hydroxylation is 1. The second-order valence-corrected chi connectivity index (χ2v) is 6.03. The molecule has 3 aromatic rings. The third-order valence-corrected chi connectivity index (χ3v) is 4.31. The van der Waals surface area contributed by atoms with Crippen molar-refractivity contribution in [2.75, 3.05) is 7.11 Å². The Balaban J connectivity index is 2.26. The van der Waals surface area contributed by atoms with Crippen molar-refractivity contribution in [2.45, 2.75) is 26.2 Å². The van der Waals surface area contributed by atoms with E-state index in [1.54, 1.807) is 29.8 Å². The van der Waals surface area contributed by atoms with Gasteiger partial charge in [0.05, 0.1) is 23.4 Å². The maximum atomic E-state index is 13.0. The van der Waals surface area contributed by atoms with Crippen molar-refractivity contribution in [3.05, 3.63) is 63.7 Å². The molecule has 5 heteroatoms. The van der Waals surface area contributed by atoms with Crippen LogP contribution >= 0.6 is 11.6 Å². The van der Waals surface area contributed by atoms with Crippen molar-refractivity contribution < 1.29 is 4.74 Å². The molecule has 2 aromatic heterocycles. The van der Waals surface area contributed by atoms with Crippen LogP contribution in [0.5, 0.6) is 5.75 Å². The molecule has 0 saturated carbocycles. The van der Waals surface area contributed by atoms with Crippen LogP contribution in [-0.4, -0.2) is 16.5 Å². The van der Waals surface area contributed by atoms with E-state index >= 15 is 0 Å². The van der Waals surface area contributed by atoms with E-state index in [0.717, 1.165) is 30.5 Å². The van der Waals surface area contributed by atoms with Crippen molar-refractivity contribution in [3.63, 3.8) is 0 Å². The lowest BCUT2D eigenvalue weighted by Crippen LogP contribution is -2.19. The lowest BCUT2D eigenvalue weighted by atomic mass is 10.0. The summed E-state index contributed by atoms with van der Waals surface area (Å²) >= 11 is 6.25. The molecule has 0 unspecified atom stereocenters. The number of unbranched alkanes of at least 4 members (excludes halogenated alkanes) is 1. The smallest absolute Gasteiger partial charge is 0.265 e. The zero-order chi connectivity index (χ0) is 17.1. The number of aromatic nitrogens is 2. The Morgan fingerprint density at radius 3 is 2.79 bits per heavy atom. The van der Waals surface area contributed by atoms with E-state index in [1.807, 2.05) is 24.3 Å². The maximum Gasteiger partial charge on any atom is 0.265 e. The van der Waals surface area contributed by atoms with Gasteiger partial charge in [-0.05, 0) is 42.7 Å². The van der Waals surface area contributed by atoms with Gasteiger partial charge in [-0.2, -0.15) is 0 Å². The molecule has 0 fully saturated rings. The normalized spacial score (nSPS) is 11.0. The average Bonchev–Trinajstić information content (AvgIpc) is 2.60. The lowest BCUT2D eigenvalue weighted by molar-refractivity contribution is 0.415. The first kappa shape index (κ1) is 16.5. The molecule has 1 aromatic carbocycles. The van der Waals surface area contributed by atoms with Gasteiger partial charge in [-0.25, -0.2) is 4.98 Å². The number of methoxy groups -OCH3 is 1. The Morgan fingerprint density at radius 1 is 1.25 bits per heavy atom. The van der Waals surface area contributed by atoms with Gasteiger partial charge in [-0.1, -0.05) is 37.1 Å². The lowest BCUT2D eigenvalue weighted by Gasteiger charge is -2.12. The molecule has 24 heavy (non-hydrogen) atoms. The minimum absolute atomic E-state index is 0.0760. The van der Waals surface area contributed by atoms with Crippen LogP contribution < -0.4 is 10.3 Å². The van der Waals surface area contributed by atoms with E-state index in [1.165, 1.54) is 0 Å². The van der Waals surface area contributed by atoms with Crippen LogP contribution in [0.1, 0.15) is 25.5 Å². The number of fused-ring (bicyclic) bond motifs is 1. The quantitative estimate of drug-likeness (QED) is 0.691. The summed E-state index contributed by atoms with van der Waals surface area (Å²) < 4.78 is 6.77. The fourth-order valence-electron chi connectivity index (χ4n) is 2.77. The molecule has 0 spiro atoms. The number of nitrogens with zero attached hydrogens (tertiary/aromatic N) is 2. The van der Waals surface area contributed by atoms with Crippen LogP contribution in [0.25, 0.3) is 16.8 Å². The highest BCUT2D eigenvalue weighted by molar-refractivity contribution is 6.32. The largest absolute Gasteiger partial charge is 0.495 e. The van der Waals surface area contributed by atoms with E-state index in [4.69, 9.17) is 21.3 Å². The first-order chi connectivity index (χ1) is 11.7. The fraction of sp³-hybridized carbons (Fsp3) is 0.263. The topological polar surface area (TPSA) is 43.6 Å². The van der Waals surface area contributed by atoms with Crippen LogP contribution in [-0.2, 0) is 6.42 Å². The zero-order valence-corrected chi connectivity index (χ0v) is 14.5. The highest BCUT2D eigenvalue weighted by Gasteiger charge is 2.15. The molecule has 0 atom stereocenters. The number of hydrogen-bond acceptors (Lipinski definition) is 3. The Morgan fingerprint density at radius 2 is 2.08 bits per heavy atom. The molecule has 0 aliphatic rings.